The number of nitriles is 1. The van der Waals surface area contributed by atoms with Crippen molar-refractivity contribution in [2.24, 2.45) is 0 Å². The second kappa shape index (κ2) is 9.10. The zero-order chi connectivity index (χ0) is 21.1. The van der Waals surface area contributed by atoms with Crippen LogP contribution >= 0.6 is 11.8 Å². The van der Waals surface area contributed by atoms with Crippen LogP contribution in [0.2, 0.25) is 0 Å². The molecule has 0 atom stereocenters. The van der Waals surface area contributed by atoms with E-state index in [0.29, 0.717) is 49.9 Å². The van der Waals surface area contributed by atoms with Gasteiger partial charge in [0, 0.05) is 51.3 Å². The van der Waals surface area contributed by atoms with Gasteiger partial charge in [-0.15, -0.1) is 0 Å². The first-order valence-corrected chi connectivity index (χ1v) is 11.5. The van der Waals surface area contributed by atoms with Gasteiger partial charge < -0.3 is 24.6 Å². The van der Waals surface area contributed by atoms with Crippen molar-refractivity contribution in [3.63, 3.8) is 0 Å². The smallest absolute Gasteiger partial charge is 0.233 e. The summed E-state index contributed by atoms with van der Waals surface area (Å²) < 4.78 is 11.4. The predicted molar refractivity (Wildman–Crippen MR) is 115 cm³/mol. The fourth-order valence-electron chi connectivity index (χ4n) is 4.12. The van der Waals surface area contributed by atoms with E-state index in [1.54, 1.807) is 0 Å². The fourth-order valence-corrected chi connectivity index (χ4v) is 5.02. The third-order valence-electron chi connectivity index (χ3n) is 5.79. The fraction of sp³-hybridized carbons (Fsp3) is 0.667. The van der Waals surface area contributed by atoms with E-state index in [-0.39, 0.29) is 17.3 Å². The van der Waals surface area contributed by atoms with E-state index < -0.39 is 0 Å². The third kappa shape index (κ3) is 4.57. The molecule has 1 aromatic rings. The summed E-state index contributed by atoms with van der Waals surface area (Å²) in [6, 6.07) is 2.38. The zero-order valence-electron chi connectivity index (χ0n) is 17.7. The second-order valence-corrected chi connectivity index (χ2v) is 9.39. The minimum Gasteiger partial charge on any atom is -0.378 e. The minimum absolute atomic E-state index is 0.0686. The van der Waals surface area contributed by atoms with Gasteiger partial charge in [0.05, 0.1) is 36.7 Å². The molecule has 0 unspecified atom stereocenters. The molecule has 2 fully saturated rings. The van der Waals surface area contributed by atoms with Crippen molar-refractivity contribution in [1.82, 2.24) is 15.2 Å². The van der Waals surface area contributed by atoms with Crippen LogP contribution in [0.5, 0.6) is 0 Å². The first kappa shape index (κ1) is 21.4. The number of ether oxygens (including phenoxy) is 2. The molecule has 8 nitrogen and oxygen atoms in total. The maximum absolute atomic E-state index is 12.6. The lowest BCUT2D eigenvalue weighted by Gasteiger charge is -2.37. The Morgan fingerprint density at radius 1 is 1.23 bits per heavy atom. The first-order valence-electron chi connectivity index (χ1n) is 10.5. The summed E-state index contributed by atoms with van der Waals surface area (Å²) >= 11 is 1.38. The zero-order valence-corrected chi connectivity index (χ0v) is 18.5. The number of anilines is 1. The maximum atomic E-state index is 12.6. The number of piperazine rings is 1. The molecular formula is C21H29N5O3S. The Balaban J connectivity index is 1.64. The van der Waals surface area contributed by atoms with Crippen LogP contribution in [0.1, 0.15) is 30.5 Å². The lowest BCUT2D eigenvalue weighted by atomic mass is 9.89. The van der Waals surface area contributed by atoms with Gasteiger partial charge in [-0.25, -0.2) is 4.98 Å². The van der Waals surface area contributed by atoms with Gasteiger partial charge in [-0.3, -0.25) is 4.79 Å². The van der Waals surface area contributed by atoms with E-state index in [2.05, 4.69) is 30.1 Å². The summed E-state index contributed by atoms with van der Waals surface area (Å²) in [6.07, 6.45) is 0.664. The Kier molecular flexibility index (Phi) is 6.48. The van der Waals surface area contributed by atoms with Gasteiger partial charge >= 0.3 is 0 Å². The first-order chi connectivity index (χ1) is 14.5. The topological polar surface area (TPSA) is 90.7 Å². The van der Waals surface area contributed by atoms with Crippen LogP contribution in [-0.4, -0.2) is 79.6 Å². The summed E-state index contributed by atoms with van der Waals surface area (Å²) in [5.74, 6) is 1.25. The molecule has 0 bridgehead atoms. The molecule has 30 heavy (non-hydrogen) atoms. The van der Waals surface area contributed by atoms with Gasteiger partial charge in [-0.2, -0.15) is 5.26 Å². The van der Waals surface area contributed by atoms with Crippen LogP contribution in [0, 0.1) is 11.3 Å². The molecule has 2 saturated heterocycles. The normalized spacial score (nSPS) is 21.1. The Bertz CT molecular complexity index is 842. The van der Waals surface area contributed by atoms with Crippen molar-refractivity contribution in [3.8, 4) is 6.07 Å². The second-order valence-electron chi connectivity index (χ2n) is 8.43. The monoisotopic (exact) mass is 431 g/mol. The molecular weight excluding hydrogens is 402 g/mol. The average molecular weight is 432 g/mol. The average Bonchev–Trinajstić information content (AvgIpc) is 2.77. The van der Waals surface area contributed by atoms with Crippen molar-refractivity contribution in [1.29, 1.82) is 5.26 Å². The SMILES string of the molecule is CC1(C)Cc2c(C#N)c(SCC(=O)N3CCOCC3)nc(N3CCNCC3)c2CO1. The molecule has 4 heterocycles. The molecule has 1 N–H and O–H groups in total. The Morgan fingerprint density at radius 2 is 1.97 bits per heavy atom. The van der Waals surface area contributed by atoms with Crippen LogP contribution in [0.15, 0.2) is 5.03 Å². The quantitative estimate of drug-likeness (QED) is 0.711. The number of carbonyl (C=O) groups is 1. The molecule has 0 saturated carbocycles. The maximum Gasteiger partial charge on any atom is 0.233 e. The van der Waals surface area contributed by atoms with Crippen LogP contribution in [-0.2, 0) is 27.3 Å². The molecule has 162 valence electrons. The van der Waals surface area contributed by atoms with Gasteiger partial charge in [0.2, 0.25) is 5.91 Å². The molecule has 0 radical (unpaired) electrons. The summed E-state index contributed by atoms with van der Waals surface area (Å²) in [6.45, 7) is 10.5. The molecule has 9 heteroatoms. The molecule has 3 aliphatic heterocycles. The summed E-state index contributed by atoms with van der Waals surface area (Å²) in [7, 11) is 0. The van der Waals surface area contributed by atoms with Gasteiger partial charge in [-0.05, 0) is 19.4 Å². The third-order valence-corrected chi connectivity index (χ3v) is 6.75. The van der Waals surface area contributed by atoms with Crippen molar-refractivity contribution in [2.75, 3.05) is 63.1 Å². The molecule has 1 amide bonds. The van der Waals surface area contributed by atoms with Crippen molar-refractivity contribution in [2.45, 2.75) is 37.5 Å². The summed E-state index contributed by atoms with van der Waals surface area (Å²) in [5, 5.41) is 14.0. The predicted octanol–water partition coefficient (Wildman–Crippen LogP) is 1.17. The van der Waals surface area contributed by atoms with E-state index in [9.17, 15) is 10.1 Å². The Hall–Kier alpha value is -1.86. The number of pyridine rings is 1. The number of hydrogen-bond donors (Lipinski definition) is 1. The number of hydrogen-bond acceptors (Lipinski definition) is 8. The minimum atomic E-state index is -0.327. The highest BCUT2D eigenvalue weighted by atomic mass is 32.2. The van der Waals surface area contributed by atoms with Crippen molar-refractivity contribution < 1.29 is 14.3 Å². The number of aromatic nitrogens is 1. The van der Waals surface area contributed by atoms with E-state index in [4.69, 9.17) is 14.5 Å². The highest BCUT2D eigenvalue weighted by molar-refractivity contribution is 8.00. The number of fused-ring (bicyclic) bond motifs is 1. The number of nitrogens with zero attached hydrogens (tertiary/aromatic N) is 4. The molecule has 1 aromatic heterocycles. The number of carbonyl (C=O) groups excluding carboxylic acids is 1. The van der Waals surface area contributed by atoms with Crippen molar-refractivity contribution >= 4 is 23.5 Å². The molecule has 3 aliphatic rings. The highest BCUT2D eigenvalue weighted by Gasteiger charge is 2.33. The van der Waals surface area contributed by atoms with Crippen LogP contribution in [0.4, 0.5) is 5.82 Å². The Morgan fingerprint density at radius 3 is 2.67 bits per heavy atom. The van der Waals surface area contributed by atoms with Crippen molar-refractivity contribution in [3.05, 3.63) is 16.7 Å². The largest absolute Gasteiger partial charge is 0.378 e. The van der Waals surface area contributed by atoms with E-state index in [1.165, 1.54) is 11.8 Å². The molecule has 4 rings (SSSR count). The Labute approximate surface area is 181 Å². The van der Waals surface area contributed by atoms with Crippen LogP contribution in [0.25, 0.3) is 0 Å². The number of nitrogens with one attached hydrogen (secondary N) is 1. The lowest BCUT2D eigenvalue weighted by molar-refractivity contribution is -0.132. The van der Waals surface area contributed by atoms with Crippen LogP contribution in [0.3, 0.4) is 0 Å². The van der Waals surface area contributed by atoms with Gasteiger partial charge in [0.25, 0.3) is 0 Å². The van der Waals surface area contributed by atoms with Gasteiger partial charge in [-0.1, -0.05) is 11.8 Å². The molecule has 0 aliphatic carbocycles. The standard InChI is InChI=1S/C21H29N5O3S/c1-21(2)11-15-16(12-22)20(30-14-18(27)25-7-9-28-10-8-25)24-19(17(15)13-29-21)26-5-3-23-4-6-26/h23H,3-11,13-14H2,1-2H3. The highest BCUT2D eigenvalue weighted by Crippen LogP contribution is 2.38. The summed E-state index contributed by atoms with van der Waals surface area (Å²) in [4.78, 5) is 21.7. The van der Waals surface area contributed by atoms with E-state index in [1.807, 2.05) is 4.90 Å². The van der Waals surface area contributed by atoms with E-state index in [0.717, 1.165) is 43.1 Å². The van der Waals surface area contributed by atoms with Gasteiger partial charge in [0.15, 0.2) is 0 Å². The van der Waals surface area contributed by atoms with Gasteiger partial charge in [0.1, 0.15) is 16.9 Å². The van der Waals surface area contributed by atoms with E-state index >= 15 is 0 Å². The number of thioether (sulfide) groups is 1. The molecule has 0 spiro atoms. The number of rotatable bonds is 4. The summed E-state index contributed by atoms with van der Waals surface area (Å²) in [5.41, 5.74) is 2.32. The molecule has 0 aromatic carbocycles. The number of morpholine rings is 1. The lowest BCUT2D eigenvalue weighted by Crippen LogP contribution is -2.45. The number of amides is 1. The van der Waals surface area contributed by atoms with Crippen LogP contribution < -0.4 is 10.2 Å².